The van der Waals surface area contributed by atoms with Gasteiger partial charge in [-0.3, -0.25) is 4.79 Å². The normalized spacial score (nSPS) is 26.4. The third-order valence-electron chi connectivity index (χ3n) is 4.97. The number of hydrogen-bond donors (Lipinski definition) is 0. The zero-order valence-corrected chi connectivity index (χ0v) is 11.8. The number of fused-ring (bicyclic) bond motifs is 1. The Morgan fingerprint density at radius 3 is 2.72 bits per heavy atom. The van der Waals surface area contributed by atoms with Crippen LogP contribution >= 0.6 is 0 Å². The maximum absolute atomic E-state index is 12.0. The van der Waals surface area contributed by atoms with Crippen molar-refractivity contribution in [3.05, 3.63) is 23.0 Å². The number of aryl methyl sites for hydroxylation is 1. The number of aromatic nitrogens is 1. The molecule has 2 nitrogen and oxygen atoms in total. The van der Waals surface area contributed by atoms with Gasteiger partial charge in [0.1, 0.15) is 0 Å². The van der Waals surface area contributed by atoms with E-state index in [0.717, 1.165) is 24.8 Å². The van der Waals surface area contributed by atoms with Gasteiger partial charge in [0.05, 0.1) is 0 Å². The summed E-state index contributed by atoms with van der Waals surface area (Å²) in [7, 11) is 0. The summed E-state index contributed by atoms with van der Waals surface area (Å²) in [6.45, 7) is 6.92. The average molecular weight is 245 g/mol. The molecule has 2 aliphatic rings. The fourth-order valence-electron chi connectivity index (χ4n) is 3.97. The van der Waals surface area contributed by atoms with Gasteiger partial charge in [0, 0.05) is 29.4 Å². The van der Waals surface area contributed by atoms with Crippen LogP contribution in [0.5, 0.6) is 0 Å². The Kier molecular flexibility index (Phi) is 2.65. The monoisotopic (exact) mass is 245 g/mol. The minimum atomic E-state index is 0.355. The van der Waals surface area contributed by atoms with E-state index >= 15 is 0 Å². The van der Waals surface area contributed by atoms with E-state index in [1.54, 1.807) is 0 Å². The molecule has 0 amide bonds. The van der Waals surface area contributed by atoms with Crippen LogP contribution in [0.4, 0.5) is 0 Å². The van der Waals surface area contributed by atoms with Crippen molar-refractivity contribution >= 4 is 5.78 Å². The molecular weight excluding hydrogens is 222 g/mol. The van der Waals surface area contributed by atoms with Gasteiger partial charge in [-0.25, -0.2) is 0 Å². The number of rotatable bonds is 1. The van der Waals surface area contributed by atoms with Crippen LogP contribution in [0.1, 0.15) is 73.7 Å². The van der Waals surface area contributed by atoms with Crippen molar-refractivity contribution in [1.82, 2.24) is 4.57 Å². The van der Waals surface area contributed by atoms with E-state index in [1.807, 2.05) is 0 Å². The van der Waals surface area contributed by atoms with Crippen molar-refractivity contribution in [2.75, 3.05) is 0 Å². The molecule has 1 fully saturated rings. The summed E-state index contributed by atoms with van der Waals surface area (Å²) in [6, 6.07) is 2.72. The predicted molar refractivity (Wildman–Crippen MR) is 73.1 cm³/mol. The molecule has 0 radical (unpaired) electrons. The van der Waals surface area contributed by atoms with Gasteiger partial charge < -0.3 is 4.57 Å². The third-order valence-corrected chi connectivity index (χ3v) is 4.97. The van der Waals surface area contributed by atoms with Gasteiger partial charge in [-0.15, -0.1) is 0 Å². The first-order chi connectivity index (χ1) is 8.50. The molecule has 3 rings (SSSR count). The summed E-state index contributed by atoms with van der Waals surface area (Å²) >= 11 is 0. The van der Waals surface area contributed by atoms with Crippen LogP contribution in [0, 0.1) is 12.3 Å². The van der Waals surface area contributed by atoms with Crippen LogP contribution in [0.25, 0.3) is 0 Å². The first-order valence-electron chi connectivity index (χ1n) is 7.24. The quantitative estimate of drug-likeness (QED) is 0.731. The van der Waals surface area contributed by atoms with Crippen LogP contribution in [0.15, 0.2) is 6.07 Å². The van der Waals surface area contributed by atoms with Crippen molar-refractivity contribution in [1.29, 1.82) is 0 Å². The van der Waals surface area contributed by atoms with E-state index in [2.05, 4.69) is 31.4 Å². The SMILES string of the molecule is Cc1cc2c(n1C1CCCC1(C)C)CCCC2=O. The molecule has 18 heavy (non-hydrogen) atoms. The smallest absolute Gasteiger partial charge is 0.164 e. The Balaban J connectivity index is 2.10. The van der Waals surface area contributed by atoms with Crippen LogP contribution in [-0.2, 0) is 6.42 Å². The lowest BCUT2D eigenvalue weighted by molar-refractivity contribution is 0.0970. The van der Waals surface area contributed by atoms with Gasteiger partial charge in [0.2, 0.25) is 0 Å². The maximum Gasteiger partial charge on any atom is 0.164 e. The van der Waals surface area contributed by atoms with E-state index in [4.69, 9.17) is 0 Å². The van der Waals surface area contributed by atoms with Crippen molar-refractivity contribution in [3.8, 4) is 0 Å². The Hall–Kier alpha value is -1.05. The lowest BCUT2D eigenvalue weighted by atomic mass is 9.86. The first kappa shape index (κ1) is 12.0. The lowest BCUT2D eigenvalue weighted by Crippen LogP contribution is -2.25. The summed E-state index contributed by atoms with van der Waals surface area (Å²) in [4.78, 5) is 12.0. The van der Waals surface area contributed by atoms with Crippen LogP contribution in [0.3, 0.4) is 0 Å². The number of Topliss-reactive ketones (excluding diaryl/α,β-unsaturated/α-hetero) is 1. The molecule has 1 unspecified atom stereocenters. The van der Waals surface area contributed by atoms with Gasteiger partial charge in [0.15, 0.2) is 5.78 Å². The van der Waals surface area contributed by atoms with Crippen molar-refractivity contribution in [2.24, 2.45) is 5.41 Å². The van der Waals surface area contributed by atoms with Gasteiger partial charge in [-0.1, -0.05) is 20.3 Å². The van der Waals surface area contributed by atoms with Gasteiger partial charge in [-0.2, -0.15) is 0 Å². The van der Waals surface area contributed by atoms with Crippen molar-refractivity contribution in [3.63, 3.8) is 0 Å². The zero-order chi connectivity index (χ0) is 12.9. The Bertz CT molecular complexity index is 495. The molecule has 1 aromatic heterocycles. The number of nitrogens with zero attached hydrogens (tertiary/aromatic N) is 1. The fourth-order valence-corrected chi connectivity index (χ4v) is 3.97. The summed E-state index contributed by atoms with van der Waals surface area (Å²) in [5.74, 6) is 0.355. The molecule has 0 bridgehead atoms. The summed E-state index contributed by atoms with van der Waals surface area (Å²) in [5, 5.41) is 0. The molecule has 2 heteroatoms. The van der Waals surface area contributed by atoms with Crippen LogP contribution in [-0.4, -0.2) is 10.4 Å². The fraction of sp³-hybridized carbons (Fsp3) is 0.688. The van der Waals surface area contributed by atoms with E-state index in [-0.39, 0.29) is 0 Å². The Labute approximate surface area is 109 Å². The average Bonchev–Trinajstić information content (AvgIpc) is 2.79. The highest BCUT2D eigenvalue weighted by atomic mass is 16.1. The summed E-state index contributed by atoms with van der Waals surface area (Å²) in [6.07, 6.45) is 6.74. The standard InChI is InChI=1S/C16H23NO/c1-11-10-12-13(6-4-7-14(12)18)17(11)15-8-5-9-16(15,2)3/h10,15H,4-9H2,1-3H3. The minimum Gasteiger partial charge on any atom is -0.345 e. The molecular formula is C16H23NO. The predicted octanol–water partition coefficient (Wildman–Crippen LogP) is 4.07. The highest BCUT2D eigenvalue weighted by Gasteiger charge is 2.38. The lowest BCUT2D eigenvalue weighted by Gasteiger charge is -2.32. The van der Waals surface area contributed by atoms with Crippen molar-refractivity contribution in [2.45, 2.75) is 65.3 Å². The second kappa shape index (κ2) is 3.97. The molecule has 0 aromatic carbocycles. The highest BCUT2D eigenvalue weighted by Crippen LogP contribution is 2.47. The molecule has 1 atom stereocenters. The second-order valence-corrected chi connectivity index (χ2v) is 6.69. The molecule has 0 saturated heterocycles. The maximum atomic E-state index is 12.0. The topological polar surface area (TPSA) is 22.0 Å². The number of carbonyl (C=O) groups is 1. The minimum absolute atomic E-state index is 0.355. The Morgan fingerprint density at radius 2 is 2.06 bits per heavy atom. The van der Waals surface area contributed by atoms with E-state index in [1.165, 1.54) is 30.7 Å². The largest absolute Gasteiger partial charge is 0.345 e. The number of carbonyl (C=O) groups excluding carboxylic acids is 1. The molecule has 2 aliphatic carbocycles. The van der Waals surface area contributed by atoms with Gasteiger partial charge >= 0.3 is 0 Å². The zero-order valence-electron chi connectivity index (χ0n) is 11.8. The number of ketones is 1. The molecule has 1 heterocycles. The molecule has 0 aliphatic heterocycles. The van der Waals surface area contributed by atoms with Gasteiger partial charge in [-0.05, 0) is 44.1 Å². The molecule has 98 valence electrons. The van der Waals surface area contributed by atoms with E-state index in [9.17, 15) is 4.79 Å². The van der Waals surface area contributed by atoms with Gasteiger partial charge in [0.25, 0.3) is 0 Å². The second-order valence-electron chi connectivity index (χ2n) is 6.69. The molecule has 0 N–H and O–H groups in total. The highest BCUT2D eigenvalue weighted by molar-refractivity contribution is 5.98. The summed E-state index contributed by atoms with van der Waals surface area (Å²) < 4.78 is 2.50. The molecule has 1 saturated carbocycles. The summed E-state index contributed by atoms with van der Waals surface area (Å²) in [5.41, 5.74) is 4.00. The molecule has 1 aromatic rings. The Morgan fingerprint density at radius 1 is 1.28 bits per heavy atom. The number of hydrogen-bond acceptors (Lipinski definition) is 1. The van der Waals surface area contributed by atoms with E-state index < -0.39 is 0 Å². The van der Waals surface area contributed by atoms with Crippen LogP contribution in [0.2, 0.25) is 0 Å². The van der Waals surface area contributed by atoms with E-state index in [0.29, 0.717) is 17.2 Å². The molecule has 0 spiro atoms. The first-order valence-corrected chi connectivity index (χ1v) is 7.24. The third kappa shape index (κ3) is 1.65. The van der Waals surface area contributed by atoms with Crippen LogP contribution < -0.4 is 0 Å². The van der Waals surface area contributed by atoms with Crippen molar-refractivity contribution < 1.29 is 4.79 Å².